The standard InChI is InChI=1S/C11H23N3O2S/c1-4-7-13(3)17(15,16)14-8-5-11(6-9-14)10-12-2/h4,11-12H,1,5-10H2,2-3H3. The Kier molecular flexibility index (Phi) is 5.58. The highest BCUT2D eigenvalue weighted by atomic mass is 32.2. The Bertz CT molecular complexity index is 335. The second kappa shape index (κ2) is 6.49. The highest BCUT2D eigenvalue weighted by Crippen LogP contribution is 2.20. The van der Waals surface area contributed by atoms with Crippen molar-refractivity contribution in [1.82, 2.24) is 13.9 Å². The molecular weight excluding hydrogens is 238 g/mol. The molecule has 100 valence electrons. The minimum atomic E-state index is -3.29. The number of nitrogens with zero attached hydrogens (tertiary/aromatic N) is 2. The molecule has 17 heavy (non-hydrogen) atoms. The van der Waals surface area contributed by atoms with Crippen LogP contribution in [0.5, 0.6) is 0 Å². The van der Waals surface area contributed by atoms with Gasteiger partial charge in [0.25, 0.3) is 10.2 Å². The molecule has 0 bridgehead atoms. The van der Waals surface area contributed by atoms with Crippen LogP contribution in [0.2, 0.25) is 0 Å². The SMILES string of the molecule is C=CCN(C)S(=O)(=O)N1CCC(CNC)CC1. The Hall–Kier alpha value is -0.430. The van der Waals surface area contributed by atoms with Gasteiger partial charge in [-0.15, -0.1) is 6.58 Å². The van der Waals surface area contributed by atoms with Crippen molar-refractivity contribution in [2.24, 2.45) is 5.92 Å². The lowest BCUT2D eigenvalue weighted by atomic mass is 9.98. The zero-order valence-corrected chi connectivity index (χ0v) is 11.5. The van der Waals surface area contributed by atoms with E-state index in [0.717, 1.165) is 19.4 Å². The Balaban J connectivity index is 2.55. The van der Waals surface area contributed by atoms with Crippen molar-refractivity contribution < 1.29 is 8.42 Å². The van der Waals surface area contributed by atoms with Gasteiger partial charge in [0.2, 0.25) is 0 Å². The second-order valence-corrected chi connectivity index (χ2v) is 6.51. The number of rotatable bonds is 6. The first-order valence-electron chi connectivity index (χ1n) is 5.99. The summed E-state index contributed by atoms with van der Waals surface area (Å²) in [7, 11) is 0.238. The first-order valence-corrected chi connectivity index (χ1v) is 7.39. The zero-order valence-electron chi connectivity index (χ0n) is 10.7. The molecule has 0 aliphatic carbocycles. The average Bonchev–Trinajstić information content (AvgIpc) is 2.30. The molecule has 0 aromatic rings. The lowest BCUT2D eigenvalue weighted by Crippen LogP contribution is -2.46. The van der Waals surface area contributed by atoms with Crippen LogP contribution in [0.3, 0.4) is 0 Å². The van der Waals surface area contributed by atoms with Crippen LogP contribution < -0.4 is 5.32 Å². The van der Waals surface area contributed by atoms with Gasteiger partial charge in [-0.1, -0.05) is 6.08 Å². The largest absolute Gasteiger partial charge is 0.319 e. The number of nitrogens with one attached hydrogen (secondary N) is 1. The predicted molar refractivity (Wildman–Crippen MR) is 70.0 cm³/mol. The van der Waals surface area contributed by atoms with Gasteiger partial charge in [0.05, 0.1) is 0 Å². The minimum absolute atomic E-state index is 0.360. The van der Waals surface area contributed by atoms with E-state index in [9.17, 15) is 8.42 Å². The van der Waals surface area contributed by atoms with E-state index >= 15 is 0 Å². The lowest BCUT2D eigenvalue weighted by Gasteiger charge is -2.33. The van der Waals surface area contributed by atoms with Crippen LogP contribution in [0.1, 0.15) is 12.8 Å². The third-order valence-electron chi connectivity index (χ3n) is 3.17. The van der Waals surface area contributed by atoms with Crippen LogP contribution in [0, 0.1) is 5.92 Å². The summed E-state index contributed by atoms with van der Waals surface area (Å²) in [5.74, 6) is 0.594. The molecule has 6 heteroatoms. The molecule has 1 fully saturated rings. The Morgan fingerprint density at radius 1 is 1.47 bits per heavy atom. The van der Waals surface area contributed by atoms with Crippen molar-refractivity contribution in [2.45, 2.75) is 12.8 Å². The molecule has 1 rings (SSSR count). The minimum Gasteiger partial charge on any atom is -0.319 e. The molecule has 0 amide bonds. The smallest absolute Gasteiger partial charge is 0.282 e. The van der Waals surface area contributed by atoms with Crippen LogP contribution in [-0.4, -0.2) is 57.3 Å². The van der Waals surface area contributed by atoms with Gasteiger partial charge in [0, 0.05) is 26.7 Å². The molecule has 1 heterocycles. The second-order valence-electron chi connectivity index (χ2n) is 4.48. The van der Waals surface area contributed by atoms with E-state index in [4.69, 9.17) is 0 Å². The molecule has 0 aromatic heterocycles. The first kappa shape index (κ1) is 14.6. The van der Waals surface area contributed by atoms with Crippen molar-refractivity contribution in [3.05, 3.63) is 12.7 Å². The van der Waals surface area contributed by atoms with Crippen molar-refractivity contribution in [3.8, 4) is 0 Å². The summed E-state index contributed by atoms with van der Waals surface area (Å²) in [4.78, 5) is 0. The van der Waals surface area contributed by atoms with E-state index in [1.165, 1.54) is 4.31 Å². The molecule has 0 saturated carbocycles. The van der Waals surface area contributed by atoms with Gasteiger partial charge in [0.15, 0.2) is 0 Å². The van der Waals surface area contributed by atoms with Crippen LogP contribution in [0.25, 0.3) is 0 Å². The van der Waals surface area contributed by atoms with Crippen LogP contribution in [0.4, 0.5) is 0 Å². The molecule has 1 aliphatic rings. The van der Waals surface area contributed by atoms with E-state index in [2.05, 4.69) is 11.9 Å². The number of piperidine rings is 1. The predicted octanol–water partition coefficient (Wildman–Crippen LogP) is 0.280. The van der Waals surface area contributed by atoms with E-state index < -0.39 is 10.2 Å². The van der Waals surface area contributed by atoms with Crippen LogP contribution in [0.15, 0.2) is 12.7 Å². The Morgan fingerprint density at radius 2 is 2.06 bits per heavy atom. The maximum atomic E-state index is 12.1. The monoisotopic (exact) mass is 261 g/mol. The van der Waals surface area contributed by atoms with E-state index in [0.29, 0.717) is 25.6 Å². The maximum absolute atomic E-state index is 12.1. The summed E-state index contributed by atoms with van der Waals surface area (Å²) in [6.07, 6.45) is 3.47. The summed E-state index contributed by atoms with van der Waals surface area (Å²) in [6.45, 7) is 6.13. The summed E-state index contributed by atoms with van der Waals surface area (Å²) in [6, 6.07) is 0. The van der Waals surface area contributed by atoms with Crippen molar-refractivity contribution >= 4 is 10.2 Å². The van der Waals surface area contributed by atoms with Crippen molar-refractivity contribution in [3.63, 3.8) is 0 Å². The fourth-order valence-corrected chi connectivity index (χ4v) is 3.47. The van der Waals surface area contributed by atoms with Gasteiger partial charge >= 0.3 is 0 Å². The molecular formula is C11H23N3O2S. The number of hydrogen-bond donors (Lipinski definition) is 1. The summed E-state index contributed by atoms with van der Waals surface area (Å²) < 4.78 is 27.2. The fraction of sp³-hybridized carbons (Fsp3) is 0.818. The maximum Gasteiger partial charge on any atom is 0.282 e. The Morgan fingerprint density at radius 3 is 2.53 bits per heavy atom. The summed E-state index contributed by atoms with van der Waals surface area (Å²) in [5.41, 5.74) is 0. The highest BCUT2D eigenvalue weighted by molar-refractivity contribution is 7.86. The van der Waals surface area contributed by atoms with Gasteiger partial charge in [-0.05, 0) is 32.4 Å². The van der Waals surface area contributed by atoms with Gasteiger partial charge < -0.3 is 5.32 Å². The molecule has 0 unspecified atom stereocenters. The normalized spacial score (nSPS) is 19.7. The van der Waals surface area contributed by atoms with Crippen molar-refractivity contribution in [2.75, 3.05) is 40.3 Å². The quantitative estimate of drug-likeness (QED) is 0.699. The molecule has 5 nitrogen and oxygen atoms in total. The molecule has 0 atom stereocenters. The molecule has 1 N–H and O–H groups in total. The molecule has 0 radical (unpaired) electrons. The Labute approximate surface area is 105 Å². The van der Waals surface area contributed by atoms with E-state index in [1.54, 1.807) is 17.4 Å². The third kappa shape index (κ3) is 3.77. The first-order chi connectivity index (χ1) is 8.02. The highest BCUT2D eigenvalue weighted by Gasteiger charge is 2.30. The average molecular weight is 261 g/mol. The number of likely N-dealkylation sites (N-methyl/N-ethyl adjacent to an activating group) is 1. The summed E-state index contributed by atoms with van der Waals surface area (Å²) in [5, 5.41) is 3.14. The van der Waals surface area contributed by atoms with E-state index in [1.807, 2.05) is 7.05 Å². The van der Waals surface area contributed by atoms with Gasteiger partial charge in [-0.3, -0.25) is 0 Å². The van der Waals surface area contributed by atoms with E-state index in [-0.39, 0.29) is 0 Å². The number of hydrogen-bond acceptors (Lipinski definition) is 3. The fourth-order valence-electron chi connectivity index (χ4n) is 2.11. The molecule has 1 saturated heterocycles. The third-order valence-corrected chi connectivity index (χ3v) is 5.13. The van der Waals surface area contributed by atoms with Crippen LogP contribution in [-0.2, 0) is 10.2 Å². The molecule has 1 aliphatic heterocycles. The van der Waals surface area contributed by atoms with Gasteiger partial charge in [-0.2, -0.15) is 17.0 Å². The van der Waals surface area contributed by atoms with Crippen LogP contribution >= 0.6 is 0 Å². The topological polar surface area (TPSA) is 52.7 Å². The lowest BCUT2D eigenvalue weighted by molar-refractivity contribution is 0.258. The zero-order chi connectivity index (χ0) is 12.9. The van der Waals surface area contributed by atoms with Crippen molar-refractivity contribution in [1.29, 1.82) is 0 Å². The van der Waals surface area contributed by atoms with Gasteiger partial charge in [-0.25, -0.2) is 0 Å². The molecule has 0 aromatic carbocycles. The molecule has 0 spiro atoms. The van der Waals surface area contributed by atoms with Gasteiger partial charge in [0.1, 0.15) is 0 Å². The summed E-state index contributed by atoms with van der Waals surface area (Å²) >= 11 is 0.